The molecule has 15 heavy (non-hydrogen) atoms. The topological polar surface area (TPSA) is 21.3 Å². The third-order valence-corrected chi connectivity index (χ3v) is 2.38. The fourth-order valence-corrected chi connectivity index (χ4v) is 1.55. The Bertz CT molecular complexity index is 126. The molecule has 0 aliphatic rings. The predicted molar refractivity (Wildman–Crippen MR) is 67.2 cm³/mol. The van der Waals surface area contributed by atoms with Crippen LogP contribution in [-0.2, 0) is 4.74 Å². The molecule has 1 N–H and O–H groups in total. The lowest BCUT2D eigenvalue weighted by Crippen LogP contribution is -2.22. The van der Waals surface area contributed by atoms with Crippen LogP contribution in [0.15, 0.2) is 0 Å². The Morgan fingerprint density at radius 2 is 1.93 bits per heavy atom. The highest BCUT2D eigenvalue weighted by Gasteiger charge is 1.99. The van der Waals surface area contributed by atoms with E-state index in [0.717, 1.165) is 44.6 Å². The number of ether oxygens (including phenoxy) is 1. The quantitative estimate of drug-likeness (QED) is 0.565. The molecule has 0 aromatic carbocycles. The van der Waals surface area contributed by atoms with Gasteiger partial charge in [0, 0.05) is 13.2 Å². The van der Waals surface area contributed by atoms with Gasteiger partial charge in [-0.15, -0.1) is 0 Å². The third-order valence-electron chi connectivity index (χ3n) is 2.38. The zero-order valence-electron chi connectivity index (χ0n) is 11.0. The lowest BCUT2D eigenvalue weighted by molar-refractivity contribution is 0.0996. The van der Waals surface area contributed by atoms with Gasteiger partial charge in [0.15, 0.2) is 0 Å². The van der Waals surface area contributed by atoms with Crippen LogP contribution in [0.1, 0.15) is 47.0 Å². The molecule has 2 nitrogen and oxygen atoms in total. The van der Waals surface area contributed by atoms with Crippen LogP contribution >= 0.6 is 0 Å². The molecular weight excluding hydrogens is 186 g/mol. The first-order chi connectivity index (χ1) is 7.16. The van der Waals surface area contributed by atoms with Crippen LogP contribution in [0.2, 0.25) is 0 Å². The van der Waals surface area contributed by atoms with E-state index in [0.29, 0.717) is 0 Å². The van der Waals surface area contributed by atoms with Gasteiger partial charge in [0.1, 0.15) is 0 Å². The zero-order valence-corrected chi connectivity index (χ0v) is 11.0. The maximum absolute atomic E-state index is 5.62. The van der Waals surface area contributed by atoms with E-state index in [4.69, 9.17) is 4.74 Å². The maximum atomic E-state index is 5.62. The largest absolute Gasteiger partial charge is 0.381 e. The molecule has 0 fully saturated rings. The summed E-state index contributed by atoms with van der Waals surface area (Å²) in [5.41, 5.74) is 0. The van der Waals surface area contributed by atoms with Crippen molar-refractivity contribution in [2.75, 3.05) is 26.3 Å². The first-order valence-electron chi connectivity index (χ1n) is 6.45. The molecule has 0 rings (SSSR count). The second-order valence-electron chi connectivity index (χ2n) is 4.92. The normalized spacial score (nSPS) is 13.4. The minimum Gasteiger partial charge on any atom is -0.381 e. The van der Waals surface area contributed by atoms with Crippen molar-refractivity contribution in [3.63, 3.8) is 0 Å². The van der Waals surface area contributed by atoms with Crippen molar-refractivity contribution in [1.82, 2.24) is 5.32 Å². The average Bonchev–Trinajstić information content (AvgIpc) is 2.16. The molecule has 0 saturated carbocycles. The van der Waals surface area contributed by atoms with Crippen LogP contribution in [0.25, 0.3) is 0 Å². The van der Waals surface area contributed by atoms with Gasteiger partial charge in [0.2, 0.25) is 0 Å². The fourth-order valence-electron chi connectivity index (χ4n) is 1.55. The van der Waals surface area contributed by atoms with Gasteiger partial charge in [-0.2, -0.15) is 0 Å². The van der Waals surface area contributed by atoms with Gasteiger partial charge in [-0.25, -0.2) is 0 Å². The van der Waals surface area contributed by atoms with E-state index in [9.17, 15) is 0 Å². The van der Waals surface area contributed by atoms with Crippen LogP contribution in [0.3, 0.4) is 0 Å². The van der Waals surface area contributed by atoms with Crippen molar-refractivity contribution in [2.24, 2.45) is 11.8 Å². The highest BCUT2D eigenvalue weighted by Crippen LogP contribution is 2.04. The van der Waals surface area contributed by atoms with Crippen LogP contribution in [-0.4, -0.2) is 26.3 Å². The standard InChI is InChI=1S/C13H29NO/c1-5-7-13(4)11-15-9-6-8-14-10-12(2)3/h12-14H,5-11H2,1-4H3. The maximum Gasteiger partial charge on any atom is 0.0491 e. The minimum absolute atomic E-state index is 0.721. The van der Waals surface area contributed by atoms with Crippen LogP contribution in [0.4, 0.5) is 0 Å². The molecule has 0 aliphatic carbocycles. The smallest absolute Gasteiger partial charge is 0.0491 e. The zero-order chi connectivity index (χ0) is 11.5. The summed E-state index contributed by atoms with van der Waals surface area (Å²) in [6.45, 7) is 13.0. The predicted octanol–water partition coefficient (Wildman–Crippen LogP) is 3.07. The van der Waals surface area contributed by atoms with Gasteiger partial charge in [0.25, 0.3) is 0 Å². The number of hydrogen-bond acceptors (Lipinski definition) is 2. The summed E-state index contributed by atoms with van der Waals surface area (Å²) < 4.78 is 5.62. The molecule has 1 unspecified atom stereocenters. The summed E-state index contributed by atoms with van der Waals surface area (Å²) >= 11 is 0. The van der Waals surface area contributed by atoms with Crippen molar-refractivity contribution < 1.29 is 4.74 Å². The first-order valence-corrected chi connectivity index (χ1v) is 6.45. The Labute approximate surface area is 95.8 Å². The molecular formula is C13H29NO. The Balaban J connectivity index is 3.04. The number of hydrogen-bond donors (Lipinski definition) is 1. The van der Waals surface area contributed by atoms with E-state index in [1.807, 2.05) is 0 Å². The van der Waals surface area contributed by atoms with Crippen molar-refractivity contribution in [2.45, 2.75) is 47.0 Å². The van der Waals surface area contributed by atoms with Gasteiger partial charge in [-0.1, -0.05) is 34.1 Å². The van der Waals surface area contributed by atoms with Gasteiger partial charge >= 0.3 is 0 Å². The SMILES string of the molecule is CCCC(C)COCCCNCC(C)C. The summed E-state index contributed by atoms with van der Waals surface area (Å²) in [7, 11) is 0. The molecule has 0 aromatic rings. The Morgan fingerprint density at radius 1 is 1.20 bits per heavy atom. The molecule has 0 radical (unpaired) electrons. The molecule has 0 bridgehead atoms. The molecule has 1 atom stereocenters. The second-order valence-corrected chi connectivity index (χ2v) is 4.92. The number of nitrogens with one attached hydrogen (secondary N) is 1. The van der Waals surface area contributed by atoms with E-state index in [2.05, 4.69) is 33.0 Å². The Hall–Kier alpha value is -0.0800. The lowest BCUT2D eigenvalue weighted by atomic mass is 10.1. The molecule has 0 heterocycles. The molecule has 0 aromatic heterocycles. The first kappa shape index (κ1) is 14.9. The molecule has 0 saturated heterocycles. The Morgan fingerprint density at radius 3 is 2.53 bits per heavy atom. The minimum atomic E-state index is 0.721. The monoisotopic (exact) mass is 215 g/mol. The van der Waals surface area contributed by atoms with E-state index >= 15 is 0 Å². The number of rotatable bonds is 10. The molecule has 0 spiro atoms. The van der Waals surface area contributed by atoms with Gasteiger partial charge in [0.05, 0.1) is 0 Å². The third kappa shape index (κ3) is 11.8. The molecule has 0 amide bonds. The van der Waals surface area contributed by atoms with E-state index in [-0.39, 0.29) is 0 Å². The van der Waals surface area contributed by atoms with E-state index in [1.54, 1.807) is 0 Å². The summed E-state index contributed by atoms with van der Waals surface area (Å²) in [5, 5.41) is 3.42. The highest BCUT2D eigenvalue weighted by atomic mass is 16.5. The van der Waals surface area contributed by atoms with Crippen molar-refractivity contribution in [3.8, 4) is 0 Å². The van der Waals surface area contributed by atoms with Crippen molar-refractivity contribution >= 4 is 0 Å². The summed E-state index contributed by atoms with van der Waals surface area (Å²) in [6, 6.07) is 0. The summed E-state index contributed by atoms with van der Waals surface area (Å²) in [5.74, 6) is 1.47. The van der Waals surface area contributed by atoms with Crippen LogP contribution < -0.4 is 5.32 Å². The van der Waals surface area contributed by atoms with Crippen LogP contribution in [0.5, 0.6) is 0 Å². The molecule has 0 aliphatic heterocycles. The van der Waals surface area contributed by atoms with E-state index < -0.39 is 0 Å². The van der Waals surface area contributed by atoms with Crippen molar-refractivity contribution in [1.29, 1.82) is 0 Å². The van der Waals surface area contributed by atoms with Crippen LogP contribution in [0, 0.1) is 11.8 Å². The summed E-state index contributed by atoms with van der Waals surface area (Å²) in [6.07, 6.45) is 3.68. The second kappa shape index (κ2) is 10.4. The molecule has 92 valence electrons. The van der Waals surface area contributed by atoms with Crippen molar-refractivity contribution in [3.05, 3.63) is 0 Å². The van der Waals surface area contributed by atoms with Gasteiger partial charge in [-0.3, -0.25) is 0 Å². The van der Waals surface area contributed by atoms with E-state index in [1.165, 1.54) is 12.8 Å². The highest BCUT2D eigenvalue weighted by molar-refractivity contribution is 4.52. The average molecular weight is 215 g/mol. The van der Waals surface area contributed by atoms with Gasteiger partial charge < -0.3 is 10.1 Å². The summed E-state index contributed by atoms with van der Waals surface area (Å²) in [4.78, 5) is 0. The van der Waals surface area contributed by atoms with Gasteiger partial charge in [-0.05, 0) is 37.8 Å². The fraction of sp³-hybridized carbons (Fsp3) is 1.00. The lowest BCUT2D eigenvalue weighted by Gasteiger charge is -2.11. The Kier molecular flexibility index (Phi) is 10.4. The molecule has 2 heteroatoms.